The molecule has 14 heteroatoms. The number of rotatable bonds is 6. The normalized spacial score (nSPS) is 18.2. The van der Waals surface area contributed by atoms with Crippen molar-refractivity contribution in [2.24, 2.45) is 0 Å². The summed E-state index contributed by atoms with van der Waals surface area (Å²) in [6.45, 7) is 3.60. The van der Waals surface area contributed by atoms with Crippen LogP contribution in [-0.4, -0.2) is 52.7 Å². The van der Waals surface area contributed by atoms with E-state index in [9.17, 15) is 28.0 Å². The lowest BCUT2D eigenvalue weighted by molar-refractivity contribution is -0.127. The van der Waals surface area contributed by atoms with Crippen LogP contribution in [-0.2, 0) is 19.2 Å². The van der Waals surface area contributed by atoms with Gasteiger partial charge < -0.3 is 0 Å². The number of hydrogen-bond donors (Lipinski definition) is 0. The van der Waals surface area contributed by atoms with Crippen LogP contribution in [0.1, 0.15) is 47.7 Å². The Morgan fingerprint density at radius 3 is 1.30 bits per heavy atom. The fourth-order valence-corrected chi connectivity index (χ4v) is 6.70. The fraction of sp³-hybridized carbons (Fsp3) is 0.143. The highest BCUT2D eigenvalue weighted by Crippen LogP contribution is 2.33. The lowest BCUT2D eigenvalue weighted by Crippen LogP contribution is -2.22. The average molecular weight is 792 g/mol. The maximum Gasteiger partial charge on any atom is 0.191 e. The second kappa shape index (κ2) is 15.9. The van der Waals surface area contributed by atoms with Crippen LogP contribution in [0, 0.1) is 25.5 Å². The lowest BCUT2D eigenvalue weighted by Gasteiger charge is -2.09. The zero-order valence-corrected chi connectivity index (χ0v) is 31.3. The average Bonchev–Trinajstić information content (AvgIpc) is 3.90. The van der Waals surface area contributed by atoms with Gasteiger partial charge in [-0.05, 0) is 86.7 Å². The number of nitrogens with zero attached hydrogens (tertiary/aromatic N) is 6. The van der Waals surface area contributed by atoms with Gasteiger partial charge in [0.1, 0.15) is 11.6 Å². The topological polar surface area (TPSA) is 130 Å². The molecule has 6 aromatic rings. The van der Waals surface area contributed by atoms with E-state index in [-0.39, 0.29) is 36.0 Å². The van der Waals surface area contributed by atoms with Crippen LogP contribution in [0.3, 0.4) is 0 Å². The Hall–Kier alpha value is -6.24. The largest absolute Gasteiger partial charge is 0.296 e. The first kappa shape index (κ1) is 38.1. The number of halogens is 4. The van der Waals surface area contributed by atoms with E-state index < -0.39 is 23.7 Å². The summed E-state index contributed by atoms with van der Waals surface area (Å²) in [4.78, 5) is 58.7. The quantitative estimate of drug-likeness (QED) is 0.122. The van der Waals surface area contributed by atoms with Gasteiger partial charge in [0.05, 0.1) is 35.2 Å². The lowest BCUT2D eigenvalue weighted by atomic mass is 10.1. The van der Waals surface area contributed by atoms with Crippen LogP contribution in [0.25, 0.3) is 34.7 Å². The maximum absolute atomic E-state index is 13.0. The van der Waals surface area contributed by atoms with E-state index in [1.807, 2.05) is 36.4 Å². The van der Waals surface area contributed by atoms with Gasteiger partial charge in [-0.15, -0.1) is 0 Å². The number of aryl methyl sites for hydroxylation is 2. The molecule has 280 valence electrons. The van der Waals surface area contributed by atoms with Gasteiger partial charge in [-0.2, -0.15) is 10.2 Å². The SMILES string of the molecule is Cc1cc(-c2ccc(Cl)cc2)nn1C1C(=O)C/C(=C/c2ccc(F)cn2)C1=O.Cc1cc(-c2ccc(Cl)cc2)nn1C1C(=O)C/C(=C\c2ccc(F)cn2)C1=O. The molecule has 0 aliphatic heterocycles. The molecule has 2 saturated carbocycles. The molecular weight excluding hydrogens is 761 g/mol. The van der Waals surface area contributed by atoms with Crippen molar-refractivity contribution in [2.75, 3.05) is 0 Å². The zero-order valence-electron chi connectivity index (χ0n) is 29.8. The summed E-state index contributed by atoms with van der Waals surface area (Å²) >= 11 is 11.8. The third-order valence-corrected chi connectivity index (χ3v) is 9.73. The van der Waals surface area contributed by atoms with Crippen molar-refractivity contribution in [2.45, 2.75) is 38.8 Å². The molecule has 0 spiro atoms. The van der Waals surface area contributed by atoms with Crippen LogP contribution in [0.4, 0.5) is 8.78 Å². The molecule has 0 radical (unpaired) electrons. The van der Waals surface area contributed by atoms with E-state index >= 15 is 0 Å². The number of aromatic nitrogens is 6. The molecule has 4 heterocycles. The van der Waals surface area contributed by atoms with Gasteiger partial charge in [0.25, 0.3) is 0 Å². The van der Waals surface area contributed by atoms with Gasteiger partial charge in [0, 0.05) is 56.5 Å². The molecule has 10 nitrogen and oxygen atoms in total. The molecule has 4 aromatic heterocycles. The molecule has 2 aliphatic carbocycles. The first-order chi connectivity index (χ1) is 26.8. The Bertz CT molecular complexity index is 2380. The molecular formula is C42H30Cl2F2N6O4. The van der Waals surface area contributed by atoms with Crippen molar-refractivity contribution in [3.05, 3.63) is 153 Å². The Labute approximate surface area is 329 Å². The first-order valence-corrected chi connectivity index (χ1v) is 18.0. The van der Waals surface area contributed by atoms with Gasteiger partial charge in [-0.3, -0.25) is 38.5 Å². The minimum atomic E-state index is -0.993. The van der Waals surface area contributed by atoms with E-state index in [0.29, 0.717) is 55.4 Å². The Kier molecular flexibility index (Phi) is 10.8. The summed E-state index contributed by atoms with van der Waals surface area (Å²) in [5.74, 6) is -2.01. The number of benzene rings is 2. The minimum absolute atomic E-state index is 0.00185. The van der Waals surface area contributed by atoms with Crippen molar-refractivity contribution < 1.29 is 28.0 Å². The molecule has 56 heavy (non-hydrogen) atoms. The number of ketones is 4. The summed E-state index contributed by atoms with van der Waals surface area (Å²) in [5.41, 5.74) is 5.96. The number of hydrogen-bond acceptors (Lipinski definition) is 8. The van der Waals surface area contributed by atoms with Crippen molar-refractivity contribution in [1.82, 2.24) is 29.5 Å². The number of pyridine rings is 2. The van der Waals surface area contributed by atoms with E-state index in [0.717, 1.165) is 23.5 Å². The van der Waals surface area contributed by atoms with E-state index in [1.165, 1.54) is 45.8 Å². The predicted octanol–water partition coefficient (Wildman–Crippen LogP) is 8.43. The Morgan fingerprint density at radius 1 is 0.589 bits per heavy atom. The molecule has 0 amide bonds. The highest BCUT2D eigenvalue weighted by atomic mass is 35.5. The summed E-state index contributed by atoms with van der Waals surface area (Å²) in [6.07, 6.45) is 5.19. The van der Waals surface area contributed by atoms with Crippen LogP contribution in [0.2, 0.25) is 10.0 Å². The summed E-state index contributed by atoms with van der Waals surface area (Å²) in [5, 5.41) is 10.2. The van der Waals surface area contributed by atoms with Crippen molar-refractivity contribution >= 4 is 58.5 Å². The van der Waals surface area contributed by atoms with E-state index in [1.54, 1.807) is 38.1 Å². The Morgan fingerprint density at radius 2 is 0.964 bits per heavy atom. The second-order valence-corrected chi connectivity index (χ2v) is 14.1. The summed E-state index contributed by atoms with van der Waals surface area (Å²) in [6, 6.07) is 21.5. The number of carbonyl (C=O) groups excluding carboxylic acids is 4. The van der Waals surface area contributed by atoms with Crippen molar-refractivity contribution in [3.63, 3.8) is 0 Å². The predicted molar refractivity (Wildman–Crippen MR) is 206 cm³/mol. The zero-order chi connectivity index (χ0) is 39.7. The van der Waals surface area contributed by atoms with Crippen molar-refractivity contribution in [1.29, 1.82) is 0 Å². The molecule has 8 rings (SSSR count). The molecule has 2 aromatic carbocycles. The summed E-state index contributed by atoms with van der Waals surface area (Å²) in [7, 11) is 0. The van der Waals surface area contributed by atoms with Crippen LogP contribution < -0.4 is 0 Å². The monoisotopic (exact) mass is 790 g/mol. The van der Waals surface area contributed by atoms with Gasteiger partial charge >= 0.3 is 0 Å². The Balaban J connectivity index is 0.000000172. The smallest absolute Gasteiger partial charge is 0.191 e. The molecule has 2 atom stereocenters. The third-order valence-electron chi connectivity index (χ3n) is 9.23. The van der Waals surface area contributed by atoms with E-state index in [2.05, 4.69) is 20.2 Å². The number of allylic oxidation sites excluding steroid dienone is 2. The summed E-state index contributed by atoms with van der Waals surface area (Å²) < 4.78 is 28.9. The highest BCUT2D eigenvalue weighted by Gasteiger charge is 2.41. The van der Waals surface area contributed by atoms with E-state index in [4.69, 9.17) is 23.2 Å². The van der Waals surface area contributed by atoms with Crippen LogP contribution in [0.5, 0.6) is 0 Å². The molecule has 0 saturated heterocycles. The van der Waals surface area contributed by atoms with Crippen LogP contribution >= 0.6 is 23.2 Å². The second-order valence-electron chi connectivity index (χ2n) is 13.2. The number of Topliss-reactive ketones (excluding diaryl/α,β-unsaturated/α-hetero) is 4. The highest BCUT2D eigenvalue weighted by molar-refractivity contribution is 6.31. The van der Waals surface area contributed by atoms with Gasteiger partial charge in [-0.25, -0.2) is 8.78 Å². The molecule has 0 bridgehead atoms. The molecule has 2 unspecified atom stereocenters. The molecule has 0 N–H and O–H groups in total. The minimum Gasteiger partial charge on any atom is -0.296 e. The standard InChI is InChI=1S/2C21H15ClFN3O2/c2*1-12-8-18(13-2-4-15(22)5-3-13)25-26(12)20-19(27)10-14(21(20)28)9-17-7-6-16(23)11-24-17/h2*2-9,11,20H,10H2,1H3/b14-9+;14-9-. The van der Waals surface area contributed by atoms with Gasteiger partial charge in [0.2, 0.25) is 0 Å². The molecule has 2 aliphatic rings. The first-order valence-electron chi connectivity index (χ1n) is 17.3. The number of carbonyl (C=O) groups is 4. The van der Waals surface area contributed by atoms with Gasteiger partial charge in [0.15, 0.2) is 35.2 Å². The van der Waals surface area contributed by atoms with Gasteiger partial charge in [-0.1, -0.05) is 47.5 Å². The maximum atomic E-state index is 13.0. The fourth-order valence-electron chi connectivity index (χ4n) is 6.45. The van der Waals surface area contributed by atoms with Crippen LogP contribution in [0.15, 0.2) is 108 Å². The van der Waals surface area contributed by atoms with Crippen molar-refractivity contribution in [3.8, 4) is 22.5 Å². The third kappa shape index (κ3) is 8.07. The molecule has 2 fully saturated rings.